The largest absolute Gasteiger partial charge is 0.465 e. The number of esters is 2. The number of hydrogen-bond donors (Lipinski definition) is 1. The van der Waals surface area contributed by atoms with Crippen molar-refractivity contribution in [3.63, 3.8) is 0 Å². The van der Waals surface area contributed by atoms with Crippen LogP contribution in [0.15, 0.2) is 39.5 Å². The number of nitrogens with zero attached hydrogens (tertiary/aromatic N) is 2. The topological polar surface area (TPSA) is 68.2 Å². The first-order chi connectivity index (χ1) is 14.9. The second-order valence-electron chi connectivity index (χ2n) is 8.03. The fourth-order valence-corrected chi connectivity index (χ4v) is 4.83. The molecule has 2 aliphatic heterocycles. The van der Waals surface area contributed by atoms with Crippen LogP contribution in [0.4, 0.5) is 0 Å². The Morgan fingerprint density at radius 1 is 1.10 bits per heavy atom. The van der Waals surface area contributed by atoms with E-state index in [4.69, 9.17) is 27.1 Å². The van der Waals surface area contributed by atoms with E-state index in [1.54, 1.807) is 13.8 Å². The van der Waals surface area contributed by atoms with Crippen LogP contribution in [0.2, 0.25) is 0 Å². The quantitative estimate of drug-likeness (QED) is 0.524. The summed E-state index contributed by atoms with van der Waals surface area (Å²) in [6.07, 6.45) is 3.25. The predicted molar refractivity (Wildman–Crippen MR) is 123 cm³/mol. The number of ether oxygens (including phenoxy) is 2. The summed E-state index contributed by atoms with van der Waals surface area (Å²) in [5.74, 6) is -1.48. The summed E-state index contributed by atoms with van der Waals surface area (Å²) in [6.45, 7) is 9.55. The SMILES string of the molecule is CCOC(=O)C1=C(N2CCCCC2)N=C(C)C(C(=O)OCC)C1c1ccc(C)cc1S. The van der Waals surface area contributed by atoms with Gasteiger partial charge in [0, 0.05) is 29.6 Å². The van der Waals surface area contributed by atoms with E-state index < -0.39 is 17.8 Å². The summed E-state index contributed by atoms with van der Waals surface area (Å²) in [7, 11) is 0. The van der Waals surface area contributed by atoms with Crippen LogP contribution in [-0.2, 0) is 19.1 Å². The van der Waals surface area contributed by atoms with Gasteiger partial charge in [-0.1, -0.05) is 17.7 Å². The minimum Gasteiger partial charge on any atom is -0.465 e. The molecule has 2 unspecified atom stereocenters. The molecule has 2 heterocycles. The number of aryl methyl sites for hydroxylation is 1. The third kappa shape index (κ3) is 4.97. The van der Waals surface area contributed by atoms with Crippen LogP contribution in [0.3, 0.4) is 0 Å². The maximum atomic E-state index is 13.3. The zero-order valence-electron chi connectivity index (χ0n) is 18.8. The van der Waals surface area contributed by atoms with Crippen LogP contribution >= 0.6 is 12.6 Å². The molecule has 168 valence electrons. The molecule has 6 nitrogen and oxygen atoms in total. The van der Waals surface area contributed by atoms with Gasteiger partial charge in [0.2, 0.25) is 0 Å². The molecule has 31 heavy (non-hydrogen) atoms. The Bertz CT molecular complexity index is 903. The molecule has 0 N–H and O–H groups in total. The van der Waals surface area contributed by atoms with Crippen LogP contribution < -0.4 is 0 Å². The average Bonchev–Trinajstić information content (AvgIpc) is 2.74. The van der Waals surface area contributed by atoms with Crippen molar-refractivity contribution in [3.8, 4) is 0 Å². The van der Waals surface area contributed by atoms with E-state index in [-0.39, 0.29) is 19.2 Å². The van der Waals surface area contributed by atoms with Crippen molar-refractivity contribution < 1.29 is 19.1 Å². The lowest BCUT2D eigenvalue weighted by Gasteiger charge is -2.37. The summed E-state index contributed by atoms with van der Waals surface area (Å²) in [4.78, 5) is 34.0. The highest BCUT2D eigenvalue weighted by atomic mass is 32.1. The number of thiol groups is 1. The third-order valence-corrected chi connectivity index (χ3v) is 6.22. The molecular weight excluding hydrogens is 412 g/mol. The van der Waals surface area contributed by atoms with E-state index in [9.17, 15) is 9.59 Å². The minimum atomic E-state index is -0.707. The van der Waals surface area contributed by atoms with E-state index in [1.807, 2.05) is 32.0 Å². The first kappa shape index (κ1) is 23.4. The molecule has 0 radical (unpaired) electrons. The van der Waals surface area contributed by atoms with Crippen LogP contribution in [-0.4, -0.2) is 48.9 Å². The smallest absolute Gasteiger partial charge is 0.338 e. The Hall–Kier alpha value is -2.28. The van der Waals surface area contributed by atoms with Crippen LogP contribution in [0.25, 0.3) is 0 Å². The predicted octanol–water partition coefficient (Wildman–Crippen LogP) is 4.28. The highest BCUT2D eigenvalue weighted by molar-refractivity contribution is 7.80. The molecule has 0 aliphatic carbocycles. The molecule has 0 spiro atoms. The lowest BCUT2D eigenvalue weighted by atomic mass is 9.76. The van der Waals surface area contributed by atoms with E-state index in [0.717, 1.165) is 48.4 Å². The van der Waals surface area contributed by atoms with E-state index in [1.165, 1.54) is 0 Å². The van der Waals surface area contributed by atoms with Crippen molar-refractivity contribution in [1.29, 1.82) is 0 Å². The van der Waals surface area contributed by atoms with Gasteiger partial charge in [-0.3, -0.25) is 4.79 Å². The molecule has 3 rings (SSSR count). The van der Waals surface area contributed by atoms with Gasteiger partial charge in [0.25, 0.3) is 0 Å². The van der Waals surface area contributed by atoms with Gasteiger partial charge in [0.05, 0.1) is 18.8 Å². The number of hydrogen-bond acceptors (Lipinski definition) is 7. The molecule has 1 aromatic carbocycles. The normalized spacial score (nSPS) is 21.6. The van der Waals surface area contributed by atoms with Crippen LogP contribution in [0.5, 0.6) is 0 Å². The van der Waals surface area contributed by atoms with Crippen LogP contribution in [0.1, 0.15) is 57.1 Å². The van der Waals surface area contributed by atoms with Gasteiger partial charge in [-0.05, 0) is 58.6 Å². The second kappa shape index (κ2) is 10.4. The second-order valence-corrected chi connectivity index (χ2v) is 8.51. The Kier molecular flexibility index (Phi) is 7.81. The Morgan fingerprint density at radius 3 is 2.39 bits per heavy atom. The molecule has 0 amide bonds. The van der Waals surface area contributed by atoms with Crippen molar-refractivity contribution in [3.05, 3.63) is 40.7 Å². The molecular formula is C24H32N2O4S. The number of carbonyl (C=O) groups is 2. The summed E-state index contributed by atoms with van der Waals surface area (Å²) >= 11 is 4.71. The molecule has 7 heteroatoms. The maximum absolute atomic E-state index is 13.3. The summed E-state index contributed by atoms with van der Waals surface area (Å²) in [6, 6.07) is 5.87. The van der Waals surface area contributed by atoms with Crippen molar-refractivity contribution in [2.45, 2.75) is 57.8 Å². The zero-order chi connectivity index (χ0) is 22.5. The van der Waals surface area contributed by atoms with E-state index in [0.29, 0.717) is 17.1 Å². The summed E-state index contributed by atoms with van der Waals surface area (Å²) in [5.41, 5.74) is 2.93. The number of benzene rings is 1. The molecule has 0 aromatic heterocycles. The standard InChI is InChI=1S/C24H32N2O4S/c1-5-29-23(27)19-16(4)25-22(26-12-8-7-9-13-26)21(24(28)30-6-2)20(19)17-11-10-15(3)14-18(17)31/h10-11,14,19-20,31H,5-9,12-13H2,1-4H3. The Balaban J connectivity index is 2.24. The Labute approximate surface area is 190 Å². The van der Waals surface area contributed by atoms with Gasteiger partial charge in [0.1, 0.15) is 11.7 Å². The lowest BCUT2D eigenvalue weighted by Crippen LogP contribution is -2.41. The molecule has 1 fully saturated rings. The van der Waals surface area contributed by atoms with Gasteiger partial charge in [0.15, 0.2) is 0 Å². The number of rotatable bonds is 6. The van der Waals surface area contributed by atoms with Gasteiger partial charge in [-0.25, -0.2) is 9.79 Å². The summed E-state index contributed by atoms with van der Waals surface area (Å²) in [5, 5.41) is 0. The van der Waals surface area contributed by atoms with Crippen molar-refractivity contribution in [2.75, 3.05) is 26.3 Å². The first-order valence-corrected chi connectivity index (χ1v) is 11.5. The van der Waals surface area contributed by atoms with E-state index in [2.05, 4.69) is 4.90 Å². The number of aliphatic imine (C=N–C) groups is 1. The summed E-state index contributed by atoms with van der Waals surface area (Å²) < 4.78 is 10.9. The molecule has 1 saturated heterocycles. The van der Waals surface area contributed by atoms with E-state index >= 15 is 0 Å². The van der Waals surface area contributed by atoms with Gasteiger partial charge >= 0.3 is 11.9 Å². The molecule has 2 atom stereocenters. The zero-order valence-corrected chi connectivity index (χ0v) is 19.7. The molecule has 0 saturated carbocycles. The van der Waals surface area contributed by atoms with Crippen LogP contribution in [0, 0.1) is 12.8 Å². The lowest BCUT2D eigenvalue weighted by molar-refractivity contribution is -0.146. The number of carbonyl (C=O) groups excluding carboxylic acids is 2. The Morgan fingerprint density at radius 2 is 1.77 bits per heavy atom. The fourth-order valence-electron chi connectivity index (χ4n) is 4.41. The average molecular weight is 445 g/mol. The number of piperidine rings is 1. The van der Waals surface area contributed by atoms with Gasteiger partial charge in [-0.15, -0.1) is 12.6 Å². The third-order valence-electron chi connectivity index (χ3n) is 5.83. The molecule has 2 aliphatic rings. The molecule has 0 bridgehead atoms. The fraction of sp³-hybridized carbons (Fsp3) is 0.542. The van der Waals surface area contributed by atoms with Gasteiger partial charge < -0.3 is 14.4 Å². The number of likely N-dealkylation sites (tertiary alicyclic amines) is 1. The first-order valence-electron chi connectivity index (χ1n) is 11.1. The van der Waals surface area contributed by atoms with Gasteiger partial charge in [-0.2, -0.15) is 0 Å². The highest BCUT2D eigenvalue weighted by Gasteiger charge is 2.45. The monoisotopic (exact) mass is 444 g/mol. The van der Waals surface area contributed by atoms with Crippen molar-refractivity contribution in [1.82, 2.24) is 4.90 Å². The maximum Gasteiger partial charge on any atom is 0.338 e. The highest BCUT2D eigenvalue weighted by Crippen LogP contribution is 2.43. The van der Waals surface area contributed by atoms with Crippen molar-refractivity contribution in [2.24, 2.45) is 10.9 Å². The molecule has 1 aromatic rings. The minimum absolute atomic E-state index is 0.247. The van der Waals surface area contributed by atoms with Crippen molar-refractivity contribution >= 4 is 30.3 Å².